The summed E-state index contributed by atoms with van der Waals surface area (Å²) >= 11 is 7.22. The molecule has 3 rings (SSSR count). The molecule has 0 spiro atoms. The van der Waals surface area contributed by atoms with Gasteiger partial charge in [-0.1, -0.05) is 12.1 Å². The number of nitrogens with one attached hydrogen (secondary N) is 1. The molecule has 1 aliphatic heterocycles. The Morgan fingerprint density at radius 3 is 2.83 bits per heavy atom. The van der Waals surface area contributed by atoms with Crippen molar-refractivity contribution in [2.24, 2.45) is 0 Å². The predicted molar refractivity (Wildman–Crippen MR) is 98.9 cm³/mol. The van der Waals surface area contributed by atoms with E-state index in [0.29, 0.717) is 6.61 Å². The summed E-state index contributed by atoms with van der Waals surface area (Å²) in [7, 11) is 1.70. The number of rotatable bonds is 5. The minimum atomic E-state index is 0.678. The fraction of sp³-hybridized carbons (Fsp3) is 0.500. The smallest absolute Gasteiger partial charge is 0.169 e. The molecule has 0 bridgehead atoms. The highest BCUT2D eigenvalue weighted by Crippen LogP contribution is 2.22. The normalized spacial score (nSPS) is 16.0. The average Bonchev–Trinajstić information content (AvgIpc) is 2.98. The minimum absolute atomic E-state index is 0.678. The van der Waals surface area contributed by atoms with Crippen molar-refractivity contribution in [3.8, 4) is 0 Å². The van der Waals surface area contributed by atoms with Crippen molar-refractivity contribution in [1.29, 1.82) is 0 Å². The van der Waals surface area contributed by atoms with E-state index in [1.807, 2.05) is 6.07 Å². The van der Waals surface area contributed by atoms with Crippen molar-refractivity contribution in [3.63, 3.8) is 0 Å². The highest BCUT2D eigenvalue weighted by atomic mass is 32.1. The van der Waals surface area contributed by atoms with Crippen LogP contribution in [0.4, 0.5) is 0 Å². The van der Waals surface area contributed by atoms with Crippen LogP contribution in [0.15, 0.2) is 24.3 Å². The summed E-state index contributed by atoms with van der Waals surface area (Å²) in [6, 6.07) is 8.33. The second kappa shape index (κ2) is 8.01. The maximum absolute atomic E-state index is 5.43. The molecule has 5 nitrogen and oxygen atoms in total. The Bertz CT molecular complexity index is 619. The maximum Gasteiger partial charge on any atom is 0.169 e. The van der Waals surface area contributed by atoms with Crippen LogP contribution < -0.4 is 5.32 Å². The molecular weight excluding hydrogens is 328 g/mol. The number of thiocarbonyl (C=S) groups is 1. The number of methoxy groups -OCH3 is 1. The van der Waals surface area contributed by atoms with Gasteiger partial charge in [-0.2, -0.15) is 0 Å². The van der Waals surface area contributed by atoms with Gasteiger partial charge in [-0.25, -0.2) is 4.98 Å². The fourth-order valence-corrected chi connectivity index (χ4v) is 3.95. The lowest BCUT2D eigenvalue weighted by Crippen LogP contribution is -2.51. The van der Waals surface area contributed by atoms with Gasteiger partial charge in [-0.05, 0) is 24.4 Å². The van der Waals surface area contributed by atoms with Crippen molar-refractivity contribution in [3.05, 3.63) is 29.3 Å². The SMILES string of the molecule is COCCNC(=S)N1CCN(Cc2nc3ccccc3s2)CC1. The number of benzene rings is 1. The molecular formula is C16H22N4OS2. The molecule has 1 N–H and O–H groups in total. The van der Waals surface area contributed by atoms with Gasteiger partial charge in [-0.15, -0.1) is 11.3 Å². The molecule has 1 aromatic carbocycles. The number of para-hydroxylation sites is 1. The van der Waals surface area contributed by atoms with Gasteiger partial charge < -0.3 is 15.0 Å². The topological polar surface area (TPSA) is 40.6 Å². The molecule has 0 aliphatic carbocycles. The number of piperazine rings is 1. The van der Waals surface area contributed by atoms with Crippen LogP contribution in [0.1, 0.15) is 5.01 Å². The Morgan fingerprint density at radius 1 is 1.30 bits per heavy atom. The van der Waals surface area contributed by atoms with E-state index in [0.717, 1.165) is 49.9 Å². The minimum Gasteiger partial charge on any atom is -0.383 e. The molecule has 2 aromatic rings. The number of fused-ring (bicyclic) bond motifs is 1. The molecule has 2 heterocycles. The highest BCUT2D eigenvalue weighted by Gasteiger charge is 2.19. The number of aromatic nitrogens is 1. The molecule has 23 heavy (non-hydrogen) atoms. The van der Waals surface area contributed by atoms with E-state index < -0.39 is 0 Å². The predicted octanol–water partition coefficient (Wildman–Crippen LogP) is 1.93. The van der Waals surface area contributed by atoms with Gasteiger partial charge in [0, 0.05) is 39.8 Å². The highest BCUT2D eigenvalue weighted by molar-refractivity contribution is 7.80. The molecule has 0 unspecified atom stereocenters. The Labute approximate surface area is 146 Å². The van der Waals surface area contributed by atoms with E-state index in [1.165, 1.54) is 9.71 Å². The Morgan fingerprint density at radius 2 is 2.09 bits per heavy atom. The quantitative estimate of drug-likeness (QED) is 0.656. The largest absolute Gasteiger partial charge is 0.383 e. The van der Waals surface area contributed by atoms with Crippen molar-refractivity contribution < 1.29 is 4.74 Å². The van der Waals surface area contributed by atoms with E-state index in [9.17, 15) is 0 Å². The summed E-state index contributed by atoms with van der Waals surface area (Å²) < 4.78 is 6.30. The summed E-state index contributed by atoms with van der Waals surface area (Å²) in [5.74, 6) is 0. The third-order valence-electron chi connectivity index (χ3n) is 3.94. The van der Waals surface area contributed by atoms with Crippen molar-refractivity contribution in [2.75, 3.05) is 46.4 Å². The first kappa shape index (κ1) is 16.6. The number of hydrogen-bond acceptors (Lipinski definition) is 5. The maximum atomic E-state index is 5.43. The monoisotopic (exact) mass is 350 g/mol. The number of nitrogens with zero attached hydrogens (tertiary/aromatic N) is 3. The summed E-state index contributed by atoms with van der Waals surface area (Å²) in [4.78, 5) is 9.41. The average molecular weight is 351 g/mol. The molecule has 1 aliphatic rings. The van der Waals surface area contributed by atoms with Gasteiger partial charge in [0.15, 0.2) is 5.11 Å². The molecule has 0 radical (unpaired) electrons. The van der Waals surface area contributed by atoms with Crippen LogP contribution >= 0.6 is 23.6 Å². The third-order valence-corrected chi connectivity index (χ3v) is 5.36. The van der Waals surface area contributed by atoms with E-state index in [1.54, 1.807) is 18.4 Å². The van der Waals surface area contributed by atoms with Crippen LogP contribution in [-0.2, 0) is 11.3 Å². The molecule has 0 amide bonds. The second-order valence-electron chi connectivity index (χ2n) is 5.56. The van der Waals surface area contributed by atoms with E-state index in [-0.39, 0.29) is 0 Å². The van der Waals surface area contributed by atoms with Gasteiger partial charge >= 0.3 is 0 Å². The molecule has 0 atom stereocenters. The fourth-order valence-electron chi connectivity index (χ4n) is 2.66. The zero-order valence-electron chi connectivity index (χ0n) is 13.3. The van der Waals surface area contributed by atoms with E-state index in [4.69, 9.17) is 21.9 Å². The van der Waals surface area contributed by atoms with Crippen molar-refractivity contribution >= 4 is 38.9 Å². The van der Waals surface area contributed by atoms with Crippen LogP contribution in [0.25, 0.3) is 10.2 Å². The summed E-state index contributed by atoms with van der Waals surface area (Å²) in [6.07, 6.45) is 0. The molecule has 1 aromatic heterocycles. The van der Waals surface area contributed by atoms with Crippen LogP contribution in [0.5, 0.6) is 0 Å². The molecule has 0 saturated carbocycles. The van der Waals surface area contributed by atoms with Gasteiger partial charge in [0.1, 0.15) is 5.01 Å². The lowest BCUT2D eigenvalue weighted by atomic mass is 10.3. The van der Waals surface area contributed by atoms with Crippen LogP contribution in [-0.4, -0.2) is 66.3 Å². The van der Waals surface area contributed by atoms with Gasteiger partial charge in [0.05, 0.1) is 23.4 Å². The Balaban J connectivity index is 1.48. The molecule has 7 heteroatoms. The van der Waals surface area contributed by atoms with Crippen LogP contribution in [0.3, 0.4) is 0 Å². The summed E-state index contributed by atoms with van der Waals surface area (Å²) in [5, 5.41) is 5.27. The number of thiazole rings is 1. The molecule has 1 saturated heterocycles. The van der Waals surface area contributed by atoms with Gasteiger partial charge in [0.2, 0.25) is 0 Å². The van der Waals surface area contributed by atoms with Gasteiger partial charge in [0.25, 0.3) is 0 Å². The van der Waals surface area contributed by atoms with Gasteiger partial charge in [-0.3, -0.25) is 4.90 Å². The lowest BCUT2D eigenvalue weighted by Gasteiger charge is -2.35. The van der Waals surface area contributed by atoms with Crippen molar-refractivity contribution in [2.45, 2.75) is 6.54 Å². The zero-order chi connectivity index (χ0) is 16.1. The summed E-state index contributed by atoms with van der Waals surface area (Å²) in [6.45, 7) is 6.33. The molecule has 1 fully saturated rings. The van der Waals surface area contributed by atoms with E-state index in [2.05, 4.69) is 33.3 Å². The van der Waals surface area contributed by atoms with E-state index >= 15 is 0 Å². The number of ether oxygens (including phenoxy) is 1. The first-order chi connectivity index (χ1) is 11.3. The third kappa shape index (κ3) is 4.38. The van der Waals surface area contributed by atoms with Crippen molar-refractivity contribution in [1.82, 2.24) is 20.1 Å². The zero-order valence-corrected chi connectivity index (χ0v) is 15.0. The van der Waals surface area contributed by atoms with Crippen LogP contribution in [0.2, 0.25) is 0 Å². The Hall–Kier alpha value is -1.28. The molecule has 124 valence electrons. The van der Waals surface area contributed by atoms with Crippen LogP contribution in [0, 0.1) is 0 Å². The first-order valence-electron chi connectivity index (χ1n) is 7.85. The standard InChI is InChI=1S/C16H22N4OS2/c1-21-11-6-17-16(22)20-9-7-19(8-10-20)12-15-18-13-4-2-3-5-14(13)23-15/h2-5H,6-12H2,1H3,(H,17,22). The number of hydrogen-bond donors (Lipinski definition) is 1. The summed E-state index contributed by atoms with van der Waals surface area (Å²) in [5.41, 5.74) is 1.11. The first-order valence-corrected chi connectivity index (χ1v) is 9.07. The lowest BCUT2D eigenvalue weighted by molar-refractivity contribution is 0.172. The Kier molecular flexibility index (Phi) is 5.77. The second-order valence-corrected chi connectivity index (χ2v) is 7.07.